The van der Waals surface area contributed by atoms with E-state index in [1.54, 1.807) is 0 Å². The molecule has 0 radical (unpaired) electrons. The van der Waals surface area contributed by atoms with Gasteiger partial charge >= 0.3 is 5.97 Å². The highest BCUT2D eigenvalue weighted by molar-refractivity contribution is 5.84. The molecule has 1 aromatic rings. The lowest BCUT2D eigenvalue weighted by Gasteiger charge is -2.14. The minimum absolute atomic E-state index is 0.0518. The molecule has 1 aromatic carbocycles. The smallest absolute Gasteiger partial charge is 0.326 e. The summed E-state index contributed by atoms with van der Waals surface area (Å²) in [6.07, 6.45) is 2.09. The first-order valence-electron chi connectivity index (χ1n) is 6.29. The molecule has 0 aromatic heterocycles. The van der Waals surface area contributed by atoms with Crippen LogP contribution in [0.15, 0.2) is 24.3 Å². The molecular weight excluding hydrogens is 249 g/mol. The average molecular weight is 267 g/mol. The number of aliphatic carboxylic acids is 1. The van der Waals surface area contributed by atoms with Gasteiger partial charge in [-0.2, -0.15) is 0 Å². The van der Waals surface area contributed by atoms with Gasteiger partial charge in [0.25, 0.3) is 0 Å². The SMILES string of the molecule is CCCC[C@@H](NC(=O)Cc1ccc(F)cc1)C(=O)O. The van der Waals surface area contributed by atoms with E-state index in [1.165, 1.54) is 24.3 Å². The van der Waals surface area contributed by atoms with Crippen molar-refractivity contribution in [1.29, 1.82) is 0 Å². The number of unbranched alkanes of at least 4 members (excludes halogenated alkanes) is 1. The van der Waals surface area contributed by atoms with Crippen LogP contribution in [0.4, 0.5) is 4.39 Å². The van der Waals surface area contributed by atoms with Gasteiger partial charge in [0.15, 0.2) is 0 Å². The molecule has 4 nitrogen and oxygen atoms in total. The van der Waals surface area contributed by atoms with Gasteiger partial charge < -0.3 is 10.4 Å². The minimum Gasteiger partial charge on any atom is -0.480 e. The molecule has 2 N–H and O–H groups in total. The molecule has 19 heavy (non-hydrogen) atoms. The number of carbonyl (C=O) groups is 2. The number of hydrogen-bond donors (Lipinski definition) is 2. The van der Waals surface area contributed by atoms with E-state index in [0.717, 1.165) is 12.8 Å². The number of benzene rings is 1. The van der Waals surface area contributed by atoms with Crippen LogP contribution in [0.5, 0.6) is 0 Å². The third-order valence-electron chi connectivity index (χ3n) is 2.76. The zero-order chi connectivity index (χ0) is 14.3. The third-order valence-corrected chi connectivity index (χ3v) is 2.76. The summed E-state index contributed by atoms with van der Waals surface area (Å²) in [4.78, 5) is 22.7. The molecule has 104 valence electrons. The summed E-state index contributed by atoms with van der Waals surface area (Å²) >= 11 is 0. The fourth-order valence-corrected chi connectivity index (χ4v) is 1.70. The van der Waals surface area contributed by atoms with Crippen molar-refractivity contribution in [3.8, 4) is 0 Å². The van der Waals surface area contributed by atoms with Gasteiger partial charge in [-0.1, -0.05) is 31.9 Å². The molecule has 0 spiro atoms. The Kier molecular flexibility index (Phi) is 5.99. The maximum atomic E-state index is 12.7. The molecule has 0 saturated carbocycles. The highest BCUT2D eigenvalue weighted by Crippen LogP contribution is 2.05. The molecule has 1 rings (SSSR count). The van der Waals surface area contributed by atoms with Gasteiger partial charge in [-0.15, -0.1) is 0 Å². The Balaban J connectivity index is 2.52. The van der Waals surface area contributed by atoms with Gasteiger partial charge in [-0.3, -0.25) is 4.79 Å². The summed E-state index contributed by atoms with van der Waals surface area (Å²) < 4.78 is 12.7. The zero-order valence-electron chi connectivity index (χ0n) is 10.9. The van der Waals surface area contributed by atoms with Gasteiger partial charge in [0, 0.05) is 0 Å². The first kappa shape index (κ1) is 15.1. The van der Waals surface area contributed by atoms with Crippen molar-refractivity contribution in [2.24, 2.45) is 0 Å². The van der Waals surface area contributed by atoms with Crippen molar-refractivity contribution in [3.05, 3.63) is 35.6 Å². The number of carboxylic acids is 1. The van der Waals surface area contributed by atoms with Crippen molar-refractivity contribution in [1.82, 2.24) is 5.32 Å². The van der Waals surface area contributed by atoms with E-state index >= 15 is 0 Å². The number of hydrogen-bond acceptors (Lipinski definition) is 2. The zero-order valence-corrected chi connectivity index (χ0v) is 10.9. The van der Waals surface area contributed by atoms with E-state index in [2.05, 4.69) is 5.32 Å². The van der Waals surface area contributed by atoms with Gasteiger partial charge in [-0.05, 0) is 24.1 Å². The Morgan fingerprint density at radius 3 is 2.47 bits per heavy atom. The number of nitrogens with one attached hydrogen (secondary N) is 1. The van der Waals surface area contributed by atoms with E-state index in [0.29, 0.717) is 12.0 Å². The van der Waals surface area contributed by atoms with Crippen LogP contribution < -0.4 is 5.32 Å². The van der Waals surface area contributed by atoms with Crippen LogP contribution in [-0.2, 0) is 16.0 Å². The lowest BCUT2D eigenvalue weighted by molar-refractivity contribution is -0.142. The Morgan fingerprint density at radius 2 is 1.95 bits per heavy atom. The summed E-state index contributed by atoms with van der Waals surface area (Å²) in [5.74, 6) is -1.76. The molecule has 0 unspecified atom stereocenters. The van der Waals surface area contributed by atoms with E-state index in [1.807, 2.05) is 6.92 Å². The summed E-state index contributed by atoms with van der Waals surface area (Å²) in [5, 5.41) is 11.5. The second kappa shape index (κ2) is 7.51. The normalized spacial score (nSPS) is 11.9. The van der Waals surface area contributed by atoms with Gasteiger partial charge in [0.1, 0.15) is 11.9 Å². The second-order valence-electron chi connectivity index (χ2n) is 4.40. The molecular formula is C14H18FNO3. The summed E-state index contributed by atoms with van der Waals surface area (Å²) in [6.45, 7) is 1.96. The van der Waals surface area contributed by atoms with Crippen molar-refractivity contribution < 1.29 is 19.1 Å². The molecule has 1 amide bonds. The van der Waals surface area contributed by atoms with Crippen LogP contribution in [0.3, 0.4) is 0 Å². The number of carboxylic acid groups (broad SMARTS) is 1. The standard InChI is InChI=1S/C14H18FNO3/c1-2-3-4-12(14(18)19)16-13(17)9-10-5-7-11(15)8-6-10/h5-8,12H,2-4,9H2,1H3,(H,16,17)(H,18,19)/t12-/m1/s1. The monoisotopic (exact) mass is 267 g/mol. The summed E-state index contributed by atoms with van der Waals surface area (Å²) in [7, 11) is 0. The van der Waals surface area contributed by atoms with Crippen LogP contribution in [0.25, 0.3) is 0 Å². The van der Waals surface area contributed by atoms with Crippen LogP contribution in [0.2, 0.25) is 0 Å². The highest BCUT2D eigenvalue weighted by Gasteiger charge is 2.19. The molecule has 0 aliphatic carbocycles. The van der Waals surface area contributed by atoms with E-state index < -0.39 is 12.0 Å². The van der Waals surface area contributed by atoms with Crippen LogP contribution in [0.1, 0.15) is 31.7 Å². The maximum Gasteiger partial charge on any atom is 0.326 e. The van der Waals surface area contributed by atoms with Crippen molar-refractivity contribution in [2.45, 2.75) is 38.6 Å². The number of halogens is 1. The molecule has 0 heterocycles. The summed E-state index contributed by atoms with van der Waals surface area (Å²) in [6, 6.07) is 4.71. The number of carbonyl (C=O) groups excluding carboxylic acids is 1. The van der Waals surface area contributed by atoms with Gasteiger partial charge in [-0.25, -0.2) is 9.18 Å². The molecule has 0 aliphatic heterocycles. The van der Waals surface area contributed by atoms with Crippen LogP contribution in [0, 0.1) is 5.82 Å². The molecule has 0 aliphatic rings. The maximum absolute atomic E-state index is 12.7. The molecule has 0 fully saturated rings. The fourth-order valence-electron chi connectivity index (χ4n) is 1.70. The highest BCUT2D eigenvalue weighted by atomic mass is 19.1. The quantitative estimate of drug-likeness (QED) is 0.795. The minimum atomic E-state index is -1.03. The number of rotatable bonds is 7. The Labute approximate surface area is 111 Å². The Hall–Kier alpha value is -1.91. The predicted octanol–water partition coefficient (Wildman–Crippen LogP) is 2.13. The van der Waals surface area contributed by atoms with Gasteiger partial charge in [0.05, 0.1) is 6.42 Å². The first-order chi connectivity index (χ1) is 9.02. The van der Waals surface area contributed by atoms with Crippen molar-refractivity contribution in [2.75, 3.05) is 0 Å². The van der Waals surface area contributed by atoms with Crippen LogP contribution >= 0.6 is 0 Å². The second-order valence-corrected chi connectivity index (χ2v) is 4.40. The van der Waals surface area contributed by atoms with E-state index in [9.17, 15) is 14.0 Å². The third kappa shape index (κ3) is 5.50. The Morgan fingerprint density at radius 1 is 1.32 bits per heavy atom. The van der Waals surface area contributed by atoms with E-state index in [-0.39, 0.29) is 18.1 Å². The Bertz CT molecular complexity index is 431. The fraction of sp³-hybridized carbons (Fsp3) is 0.429. The molecule has 5 heteroatoms. The van der Waals surface area contributed by atoms with Crippen molar-refractivity contribution >= 4 is 11.9 Å². The van der Waals surface area contributed by atoms with E-state index in [4.69, 9.17) is 5.11 Å². The molecule has 1 atom stereocenters. The van der Waals surface area contributed by atoms with Crippen LogP contribution in [-0.4, -0.2) is 23.0 Å². The molecule has 0 saturated heterocycles. The summed E-state index contributed by atoms with van der Waals surface area (Å²) in [5.41, 5.74) is 0.651. The van der Waals surface area contributed by atoms with Gasteiger partial charge in [0.2, 0.25) is 5.91 Å². The molecule has 0 bridgehead atoms. The average Bonchev–Trinajstić information content (AvgIpc) is 2.37. The lowest BCUT2D eigenvalue weighted by Crippen LogP contribution is -2.41. The topological polar surface area (TPSA) is 66.4 Å². The number of amides is 1. The lowest BCUT2D eigenvalue weighted by atomic mass is 10.1. The largest absolute Gasteiger partial charge is 0.480 e. The predicted molar refractivity (Wildman–Crippen MR) is 69.2 cm³/mol. The van der Waals surface area contributed by atoms with Crippen molar-refractivity contribution in [3.63, 3.8) is 0 Å². The first-order valence-corrected chi connectivity index (χ1v) is 6.29.